The molecule has 0 spiro atoms. The van der Waals surface area contributed by atoms with Crippen molar-refractivity contribution in [2.45, 2.75) is 46.5 Å². The minimum atomic E-state index is 0.0115. The molecule has 94 valence electrons. The quantitative estimate of drug-likeness (QED) is 0.769. The monoisotopic (exact) mass is 226 g/mol. The van der Waals surface area contributed by atoms with Gasteiger partial charge in [-0.15, -0.1) is 0 Å². The Hall–Kier alpha value is -0.570. The maximum atomic E-state index is 11.9. The normalized spacial score (nSPS) is 26.5. The van der Waals surface area contributed by atoms with Crippen LogP contribution in [0, 0.1) is 17.3 Å². The zero-order valence-corrected chi connectivity index (χ0v) is 10.9. The Bertz CT molecular complexity index is 230. The second kappa shape index (κ2) is 5.67. The number of carbonyl (C=O) groups excluding carboxylic acids is 1. The fraction of sp³-hybridized carbons (Fsp3) is 0.923. The number of carbonyl (C=O) groups is 1. The van der Waals surface area contributed by atoms with Crippen LogP contribution in [0.25, 0.3) is 0 Å². The minimum absolute atomic E-state index is 0.0115. The molecule has 1 rings (SSSR count). The standard InChI is InChI=1S/C13H26N2O/c1-10-4-6-11(7-5-10)12(16)15-9-13(2,3)8-14/h10-11H,4-9,14H2,1-3H3,(H,15,16). The van der Waals surface area contributed by atoms with E-state index in [1.54, 1.807) is 0 Å². The van der Waals surface area contributed by atoms with Gasteiger partial charge in [0.25, 0.3) is 0 Å². The molecule has 0 saturated heterocycles. The van der Waals surface area contributed by atoms with E-state index in [-0.39, 0.29) is 17.2 Å². The predicted molar refractivity (Wildman–Crippen MR) is 67.0 cm³/mol. The largest absolute Gasteiger partial charge is 0.355 e. The molecule has 0 bridgehead atoms. The number of nitrogens with one attached hydrogen (secondary N) is 1. The van der Waals surface area contributed by atoms with Gasteiger partial charge in [-0.3, -0.25) is 4.79 Å². The molecule has 0 aromatic heterocycles. The van der Waals surface area contributed by atoms with E-state index in [0.29, 0.717) is 13.1 Å². The van der Waals surface area contributed by atoms with Gasteiger partial charge < -0.3 is 11.1 Å². The number of hydrogen-bond acceptors (Lipinski definition) is 2. The van der Waals surface area contributed by atoms with Crippen molar-refractivity contribution in [2.24, 2.45) is 23.0 Å². The van der Waals surface area contributed by atoms with Crippen LogP contribution in [-0.4, -0.2) is 19.0 Å². The third kappa shape index (κ3) is 4.12. The molecule has 0 aromatic rings. The van der Waals surface area contributed by atoms with E-state index in [4.69, 9.17) is 5.73 Å². The molecule has 0 radical (unpaired) electrons. The summed E-state index contributed by atoms with van der Waals surface area (Å²) in [5.41, 5.74) is 5.65. The van der Waals surface area contributed by atoms with Crippen LogP contribution in [0.1, 0.15) is 46.5 Å². The summed E-state index contributed by atoms with van der Waals surface area (Å²) in [5, 5.41) is 3.04. The first kappa shape index (κ1) is 13.5. The molecule has 0 aliphatic heterocycles. The fourth-order valence-corrected chi connectivity index (χ4v) is 2.07. The lowest BCUT2D eigenvalue weighted by Crippen LogP contribution is -2.41. The van der Waals surface area contributed by atoms with Crippen LogP contribution in [0.15, 0.2) is 0 Å². The molecule has 0 atom stereocenters. The summed E-state index contributed by atoms with van der Waals surface area (Å²) >= 11 is 0. The average Bonchev–Trinajstić information content (AvgIpc) is 2.27. The SMILES string of the molecule is CC1CCC(C(=O)NCC(C)(C)CN)CC1. The van der Waals surface area contributed by atoms with Crippen LogP contribution >= 0.6 is 0 Å². The fourth-order valence-electron chi connectivity index (χ4n) is 2.07. The summed E-state index contributed by atoms with van der Waals surface area (Å²) < 4.78 is 0. The van der Waals surface area contributed by atoms with E-state index in [2.05, 4.69) is 26.1 Å². The second-order valence-electron chi connectivity index (χ2n) is 6.04. The number of nitrogens with two attached hydrogens (primary N) is 1. The Labute approximate surface area is 99.2 Å². The average molecular weight is 226 g/mol. The Balaban J connectivity index is 2.30. The summed E-state index contributed by atoms with van der Waals surface area (Å²) in [6.45, 7) is 7.72. The number of amides is 1. The molecule has 3 heteroatoms. The van der Waals surface area contributed by atoms with Crippen LogP contribution in [-0.2, 0) is 4.79 Å². The maximum absolute atomic E-state index is 11.9. The highest BCUT2D eigenvalue weighted by molar-refractivity contribution is 5.78. The molecule has 0 unspecified atom stereocenters. The molecular formula is C13H26N2O. The lowest BCUT2D eigenvalue weighted by molar-refractivity contribution is -0.126. The van der Waals surface area contributed by atoms with E-state index < -0.39 is 0 Å². The first-order valence-corrected chi connectivity index (χ1v) is 6.42. The van der Waals surface area contributed by atoms with Crippen LogP contribution in [0.4, 0.5) is 0 Å². The van der Waals surface area contributed by atoms with Gasteiger partial charge in [0.1, 0.15) is 0 Å². The van der Waals surface area contributed by atoms with Crippen molar-refractivity contribution >= 4 is 5.91 Å². The van der Waals surface area contributed by atoms with Gasteiger partial charge in [-0.05, 0) is 43.6 Å². The molecule has 0 aromatic carbocycles. The Kier molecular flexibility index (Phi) is 4.78. The minimum Gasteiger partial charge on any atom is -0.355 e. The van der Waals surface area contributed by atoms with Crippen LogP contribution < -0.4 is 11.1 Å². The predicted octanol–water partition coefficient (Wildman–Crippen LogP) is 1.91. The Morgan fingerprint density at radius 2 is 1.88 bits per heavy atom. The third-order valence-electron chi connectivity index (χ3n) is 3.68. The highest BCUT2D eigenvalue weighted by Gasteiger charge is 2.25. The van der Waals surface area contributed by atoms with Crippen molar-refractivity contribution < 1.29 is 4.79 Å². The van der Waals surface area contributed by atoms with E-state index in [0.717, 1.165) is 18.8 Å². The van der Waals surface area contributed by atoms with E-state index in [1.165, 1.54) is 12.8 Å². The summed E-state index contributed by atoms with van der Waals surface area (Å²) in [7, 11) is 0. The molecular weight excluding hydrogens is 200 g/mol. The molecule has 3 nitrogen and oxygen atoms in total. The van der Waals surface area contributed by atoms with E-state index in [1.807, 2.05) is 0 Å². The van der Waals surface area contributed by atoms with Gasteiger partial charge in [-0.1, -0.05) is 20.8 Å². The van der Waals surface area contributed by atoms with Gasteiger partial charge in [0.2, 0.25) is 5.91 Å². The van der Waals surface area contributed by atoms with E-state index in [9.17, 15) is 4.79 Å². The van der Waals surface area contributed by atoms with Gasteiger partial charge in [-0.25, -0.2) is 0 Å². The summed E-state index contributed by atoms with van der Waals surface area (Å²) in [4.78, 5) is 11.9. The summed E-state index contributed by atoms with van der Waals surface area (Å²) in [6.07, 6.45) is 4.49. The maximum Gasteiger partial charge on any atom is 0.223 e. The molecule has 1 aliphatic carbocycles. The smallest absolute Gasteiger partial charge is 0.223 e. The first-order chi connectivity index (χ1) is 7.44. The van der Waals surface area contributed by atoms with Gasteiger partial charge in [-0.2, -0.15) is 0 Å². The van der Waals surface area contributed by atoms with Crippen molar-refractivity contribution in [3.05, 3.63) is 0 Å². The highest BCUT2D eigenvalue weighted by atomic mass is 16.1. The molecule has 1 aliphatic rings. The third-order valence-corrected chi connectivity index (χ3v) is 3.68. The second-order valence-corrected chi connectivity index (χ2v) is 6.04. The van der Waals surface area contributed by atoms with Crippen molar-refractivity contribution in [3.63, 3.8) is 0 Å². The van der Waals surface area contributed by atoms with Crippen LogP contribution in [0.5, 0.6) is 0 Å². The molecule has 1 amide bonds. The molecule has 3 N–H and O–H groups in total. The molecule has 16 heavy (non-hydrogen) atoms. The first-order valence-electron chi connectivity index (χ1n) is 6.42. The van der Waals surface area contributed by atoms with Crippen LogP contribution in [0.2, 0.25) is 0 Å². The van der Waals surface area contributed by atoms with Gasteiger partial charge in [0, 0.05) is 12.5 Å². The lowest BCUT2D eigenvalue weighted by Gasteiger charge is -2.28. The van der Waals surface area contributed by atoms with Crippen molar-refractivity contribution in [1.29, 1.82) is 0 Å². The molecule has 1 saturated carbocycles. The zero-order chi connectivity index (χ0) is 12.2. The Morgan fingerprint density at radius 3 is 2.38 bits per heavy atom. The van der Waals surface area contributed by atoms with Crippen molar-refractivity contribution in [3.8, 4) is 0 Å². The van der Waals surface area contributed by atoms with Gasteiger partial charge in [0.05, 0.1) is 0 Å². The van der Waals surface area contributed by atoms with Crippen LogP contribution in [0.3, 0.4) is 0 Å². The van der Waals surface area contributed by atoms with Crippen molar-refractivity contribution in [2.75, 3.05) is 13.1 Å². The summed E-state index contributed by atoms with van der Waals surface area (Å²) in [6, 6.07) is 0. The number of hydrogen-bond donors (Lipinski definition) is 2. The Morgan fingerprint density at radius 1 is 1.31 bits per heavy atom. The lowest BCUT2D eigenvalue weighted by atomic mass is 9.82. The zero-order valence-electron chi connectivity index (χ0n) is 10.9. The summed E-state index contributed by atoms with van der Waals surface area (Å²) in [5.74, 6) is 1.27. The topological polar surface area (TPSA) is 55.1 Å². The molecule has 0 heterocycles. The van der Waals surface area contributed by atoms with Crippen molar-refractivity contribution in [1.82, 2.24) is 5.32 Å². The van der Waals surface area contributed by atoms with Gasteiger partial charge in [0.15, 0.2) is 0 Å². The molecule has 1 fully saturated rings. The number of rotatable bonds is 4. The van der Waals surface area contributed by atoms with E-state index >= 15 is 0 Å². The van der Waals surface area contributed by atoms with Gasteiger partial charge >= 0.3 is 0 Å². The highest BCUT2D eigenvalue weighted by Crippen LogP contribution is 2.28.